The van der Waals surface area contributed by atoms with Crippen molar-refractivity contribution in [1.82, 2.24) is 10.2 Å². The Morgan fingerprint density at radius 3 is 2.27 bits per heavy atom. The molecule has 0 radical (unpaired) electrons. The SMILES string of the molecule is CCCCNC(=O)[C@@H](Cc1ccccc1)N(Cc1ccc(F)cc1)C(=O)COc1ccccc1C(C)C. The Hall–Kier alpha value is -3.67. The molecular weight excluding hydrogens is 467 g/mol. The fourth-order valence-corrected chi connectivity index (χ4v) is 4.16. The minimum absolute atomic E-state index is 0.160. The molecule has 196 valence electrons. The lowest BCUT2D eigenvalue weighted by Crippen LogP contribution is -2.51. The molecule has 3 rings (SSSR count). The van der Waals surface area contributed by atoms with Crippen LogP contribution in [-0.4, -0.2) is 35.9 Å². The van der Waals surface area contributed by atoms with Gasteiger partial charge in [-0.1, -0.05) is 87.9 Å². The first-order chi connectivity index (χ1) is 17.9. The Balaban J connectivity index is 1.90. The molecule has 0 aliphatic rings. The molecule has 0 heterocycles. The van der Waals surface area contributed by atoms with Crippen molar-refractivity contribution in [3.8, 4) is 5.75 Å². The second kappa shape index (κ2) is 14.2. The van der Waals surface area contributed by atoms with E-state index in [9.17, 15) is 14.0 Å². The molecule has 5 nitrogen and oxygen atoms in total. The summed E-state index contributed by atoms with van der Waals surface area (Å²) < 4.78 is 19.6. The monoisotopic (exact) mass is 504 g/mol. The zero-order valence-corrected chi connectivity index (χ0v) is 22.0. The highest BCUT2D eigenvalue weighted by molar-refractivity contribution is 5.88. The van der Waals surface area contributed by atoms with E-state index >= 15 is 0 Å². The van der Waals surface area contributed by atoms with E-state index in [1.165, 1.54) is 12.1 Å². The van der Waals surface area contributed by atoms with E-state index < -0.39 is 6.04 Å². The van der Waals surface area contributed by atoms with Crippen LogP contribution in [0.3, 0.4) is 0 Å². The van der Waals surface area contributed by atoms with Gasteiger partial charge in [0.2, 0.25) is 5.91 Å². The van der Waals surface area contributed by atoms with Crippen molar-refractivity contribution in [3.05, 3.63) is 101 Å². The molecule has 0 unspecified atom stereocenters. The Morgan fingerprint density at radius 2 is 1.59 bits per heavy atom. The van der Waals surface area contributed by atoms with Gasteiger partial charge in [-0.3, -0.25) is 9.59 Å². The van der Waals surface area contributed by atoms with Gasteiger partial charge >= 0.3 is 0 Å². The number of nitrogens with one attached hydrogen (secondary N) is 1. The second-order valence-corrected chi connectivity index (χ2v) is 9.48. The van der Waals surface area contributed by atoms with Crippen molar-refractivity contribution >= 4 is 11.8 Å². The van der Waals surface area contributed by atoms with E-state index in [0.29, 0.717) is 18.7 Å². The molecular formula is C31H37FN2O3. The summed E-state index contributed by atoms with van der Waals surface area (Å²) in [6.45, 7) is 6.69. The summed E-state index contributed by atoms with van der Waals surface area (Å²) >= 11 is 0. The summed E-state index contributed by atoms with van der Waals surface area (Å²) in [7, 11) is 0. The van der Waals surface area contributed by atoms with Gasteiger partial charge in [0.05, 0.1) is 0 Å². The molecule has 0 aromatic heterocycles. The fourth-order valence-electron chi connectivity index (χ4n) is 4.16. The van der Waals surface area contributed by atoms with Gasteiger partial charge in [0.1, 0.15) is 17.6 Å². The first-order valence-corrected chi connectivity index (χ1v) is 13.0. The smallest absolute Gasteiger partial charge is 0.261 e. The van der Waals surface area contributed by atoms with Crippen LogP contribution in [0, 0.1) is 5.82 Å². The number of nitrogens with zero attached hydrogens (tertiary/aromatic N) is 1. The maximum atomic E-state index is 13.7. The van der Waals surface area contributed by atoms with Crippen molar-refractivity contribution in [2.45, 2.75) is 58.5 Å². The number of para-hydroxylation sites is 1. The van der Waals surface area contributed by atoms with Crippen molar-refractivity contribution in [2.75, 3.05) is 13.2 Å². The standard InChI is InChI=1S/C31H37FN2O3/c1-4-5-19-33-31(36)28(20-24-11-7-6-8-12-24)34(21-25-15-17-26(32)18-16-25)30(35)22-37-29-14-10-9-13-27(29)23(2)3/h6-18,23,28H,4-5,19-22H2,1-3H3,(H,33,36)/t28-/m1/s1. The van der Waals surface area contributed by atoms with Crippen LogP contribution < -0.4 is 10.1 Å². The molecule has 1 atom stereocenters. The third-order valence-corrected chi connectivity index (χ3v) is 6.26. The Bertz CT molecular complexity index is 1130. The van der Waals surface area contributed by atoms with E-state index in [4.69, 9.17) is 4.74 Å². The van der Waals surface area contributed by atoms with Crippen LogP contribution in [0.25, 0.3) is 0 Å². The number of carbonyl (C=O) groups excluding carboxylic acids is 2. The van der Waals surface area contributed by atoms with Gasteiger partial charge in [-0.05, 0) is 47.2 Å². The lowest BCUT2D eigenvalue weighted by Gasteiger charge is -2.31. The summed E-state index contributed by atoms with van der Waals surface area (Å²) in [5.74, 6) is 0.00887. The first-order valence-electron chi connectivity index (χ1n) is 13.0. The summed E-state index contributed by atoms with van der Waals surface area (Å²) in [5, 5.41) is 3.00. The average molecular weight is 505 g/mol. The third kappa shape index (κ3) is 8.45. The number of hydrogen-bond donors (Lipinski definition) is 1. The first kappa shape index (κ1) is 27.9. The molecule has 0 spiro atoms. The maximum Gasteiger partial charge on any atom is 0.261 e. The quantitative estimate of drug-likeness (QED) is 0.296. The number of benzene rings is 3. The minimum atomic E-state index is -0.749. The van der Waals surface area contributed by atoms with Crippen LogP contribution in [-0.2, 0) is 22.6 Å². The number of carbonyl (C=O) groups is 2. The topological polar surface area (TPSA) is 58.6 Å². The molecule has 2 amide bonds. The van der Waals surface area contributed by atoms with Crippen molar-refractivity contribution in [3.63, 3.8) is 0 Å². The molecule has 1 N–H and O–H groups in total. The predicted molar refractivity (Wildman–Crippen MR) is 145 cm³/mol. The molecule has 37 heavy (non-hydrogen) atoms. The summed E-state index contributed by atoms with van der Waals surface area (Å²) in [6.07, 6.45) is 2.16. The van der Waals surface area contributed by atoms with Gasteiger partial charge < -0.3 is 15.0 Å². The molecule has 0 saturated heterocycles. The Kier molecular flexibility index (Phi) is 10.7. The number of hydrogen-bond acceptors (Lipinski definition) is 3. The number of unbranched alkanes of at least 4 members (excludes halogenated alkanes) is 1. The minimum Gasteiger partial charge on any atom is -0.483 e. The van der Waals surface area contributed by atoms with Gasteiger partial charge in [-0.25, -0.2) is 4.39 Å². The molecule has 0 aliphatic carbocycles. The number of rotatable bonds is 13. The molecule has 0 saturated carbocycles. The molecule has 0 fully saturated rings. The molecule has 3 aromatic carbocycles. The molecule has 6 heteroatoms. The third-order valence-electron chi connectivity index (χ3n) is 6.26. The maximum absolute atomic E-state index is 13.7. The van der Waals surface area contributed by atoms with Crippen molar-refractivity contribution in [2.24, 2.45) is 0 Å². The number of amides is 2. The van der Waals surface area contributed by atoms with Gasteiger partial charge in [-0.15, -0.1) is 0 Å². The lowest BCUT2D eigenvalue weighted by molar-refractivity contribution is -0.142. The summed E-state index contributed by atoms with van der Waals surface area (Å²) in [4.78, 5) is 28.7. The van der Waals surface area contributed by atoms with Crippen molar-refractivity contribution < 1.29 is 18.7 Å². The normalized spacial score (nSPS) is 11.7. The lowest BCUT2D eigenvalue weighted by atomic mass is 10.0. The van der Waals surface area contributed by atoms with E-state index in [2.05, 4.69) is 26.1 Å². The van der Waals surface area contributed by atoms with Crippen LogP contribution >= 0.6 is 0 Å². The number of ether oxygens (including phenoxy) is 1. The average Bonchev–Trinajstić information content (AvgIpc) is 2.91. The van der Waals surface area contributed by atoms with Crippen LogP contribution in [0.2, 0.25) is 0 Å². The zero-order chi connectivity index (χ0) is 26.6. The van der Waals surface area contributed by atoms with E-state index in [0.717, 1.165) is 29.5 Å². The van der Waals surface area contributed by atoms with Crippen molar-refractivity contribution in [1.29, 1.82) is 0 Å². The molecule has 0 aliphatic heterocycles. The number of halogens is 1. The van der Waals surface area contributed by atoms with Gasteiger partial charge in [0.15, 0.2) is 6.61 Å². The van der Waals surface area contributed by atoms with Gasteiger partial charge in [0.25, 0.3) is 5.91 Å². The molecule has 3 aromatic rings. The Labute approximate surface area is 219 Å². The predicted octanol–water partition coefficient (Wildman–Crippen LogP) is 5.88. The summed E-state index contributed by atoms with van der Waals surface area (Å²) in [6, 6.07) is 22.6. The van der Waals surface area contributed by atoms with Crippen LogP contribution in [0.4, 0.5) is 4.39 Å². The largest absolute Gasteiger partial charge is 0.483 e. The highest BCUT2D eigenvalue weighted by Crippen LogP contribution is 2.26. The van der Waals surface area contributed by atoms with E-state index in [1.54, 1.807) is 17.0 Å². The second-order valence-electron chi connectivity index (χ2n) is 9.48. The van der Waals surface area contributed by atoms with E-state index in [1.807, 2.05) is 54.6 Å². The van der Waals surface area contributed by atoms with E-state index in [-0.39, 0.29) is 36.7 Å². The van der Waals surface area contributed by atoms with Crippen LogP contribution in [0.5, 0.6) is 5.75 Å². The van der Waals surface area contributed by atoms with Gasteiger partial charge in [0, 0.05) is 19.5 Å². The highest BCUT2D eigenvalue weighted by Gasteiger charge is 2.30. The van der Waals surface area contributed by atoms with Crippen LogP contribution in [0.15, 0.2) is 78.9 Å². The highest BCUT2D eigenvalue weighted by atomic mass is 19.1. The van der Waals surface area contributed by atoms with Gasteiger partial charge in [-0.2, -0.15) is 0 Å². The Morgan fingerprint density at radius 1 is 0.919 bits per heavy atom. The van der Waals surface area contributed by atoms with Crippen LogP contribution in [0.1, 0.15) is 56.2 Å². The molecule has 0 bridgehead atoms. The zero-order valence-electron chi connectivity index (χ0n) is 22.0. The fraction of sp³-hybridized carbons (Fsp3) is 0.355. The summed E-state index contributed by atoms with van der Waals surface area (Å²) in [5.41, 5.74) is 2.69.